The topological polar surface area (TPSA) is 42.5 Å². The summed E-state index contributed by atoms with van der Waals surface area (Å²) in [6, 6.07) is 13.4. The Hall–Kier alpha value is -2.34. The Kier molecular flexibility index (Phi) is 6.17. The molecule has 1 atom stereocenters. The van der Waals surface area contributed by atoms with Gasteiger partial charge < -0.3 is 20.1 Å². The molecule has 0 saturated carbocycles. The van der Waals surface area contributed by atoms with Crippen LogP contribution in [0.25, 0.3) is 0 Å². The van der Waals surface area contributed by atoms with E-state index in [1.54, 1.807) is 19.2 Å². The predicted octanol–water partition coefficient (Wildman–Crippen LogP) is 3.59. The molecule has 2 aromatic rings. The molecule has 0 aromatic heterocycles. The Labute approximate surface area is 140 Å². The van der Waals surface area contributed by atoms with Crippen LogP contribution in [0.1, 0.15) is 6.92 Å². The number of anilines is 1. The van der Waals surface area contributed by atoms with Crippen molar-refractivity contribution < 1.29 is 13.9 Å². The fourth-order valence-electron chi connectivity index (χ4n) is 1.92. The lowest BCUT2D eigenvalue weighted by Crippen LogP contribution is -2.39. The van der Waals surface area contributed by atoms with Gasteiger partial charge in [-0.3, -0.25) is 0 Å². The number of rotatable bonds is 6. The molecule has 4 nitrogen and oxygen atoms in total. The second kappa shape index (κ2) is 8.33. The van der Waals surface area contributed by atoms with Crippen LogP contribution in [0.5, 0.6) is 11.5 Å². The molecule has 0 fully saturated rings. The maximum absolute atomic E-state index is 12.9. The highest BCUT2D eigenvalue weighted by atomic mass is 32.1. The predicted molar refractivity (Wildman–Crippen MR) is 93.7 cm³/mol. The molecule has 0 saturated heterocycles. The highest BCUT2D eigenvalue weighted by Crippen LogP contribution is 2.25. The summed E-state index contributed by atoms with van der Waals surface area (Å²) in [4.78, 5) is 0. The summed E-state index contributed by atoms with van der Waals surface area (Å²) in [5, 5.41) is 6.56. The standard InChI is InChI=1S/C17H19FN2O2S/c1-12(11-22-16-6-4-3-5-15(16)21-2)19-17(23)20-14-9-7-13(18)8-10-14/h3-10,12H,11H2,1-2H3,(H2,19,20,23)/t12-/m0/s1. The highest BCUT2D eigenvalue weighted by molar-refractivity contribution is 7.80. The molecule has 0 amide bonds. The monoisotopic (exact) mass is 334 g/mol. The lowest BCUT2D eigenvalue weighted by molar-refractivity contribution is 0.270. The smallest absolute Gasteiger partial charge is 0.171 e. The zero-order chi connectivity index (χ0) is 16.7. The van der Waals surface area contributed by atoms with E-state index in [4.69, 9.17) is 21.7 Å². The third-order valence-corrected chi connectivity index (χ3v) is 3.26. The SMILES string of the molecule is COc1ccccc1OC[C@H](C)NC(=S)Nc1ccc(F)cc1. The molecular formula is C17H19FN2O2S. The Balaban J connectivity index is 1.81. The van der Waals surface area contributed by atoms with E-state index in [1.165, 1.54) is 12.1 Å². The van der Waals surface area contributed by atoms with E-state index in [-0.39, 0.29) is 11.9 Å². The highest BCUT2D eigenvalue weighted by Gasteiger charge is 2.08. The molecule has 2 N–H and O–H groups in total. The number of halogens is 1. The second-order valence-corrected chi connectivity index (χ2v) is 5.38. The summed E-state index contributed by atoms with van der Waals surface area (Å²) in [6.45, 7) is 2.37. The normalized spacial score (nSPS) is 11.4. The van der Waals surface area contributed by atoms with Gasteiger partial charge in [-0.2, -0.15) is 0 Å². The zero-order valence-electron chi connectivity index (χ0n) is 13.0. The molecule has 2 rings (SSSR count). The molecular weight excluding hydrogens is 315 g/mol. The molecule has 0 unspecified atom stereocenters. The Morgan fingerprint density at radius 2 is 1.78 bits per heavy atom. The van der Waals surface area contributed by atoms with Crippen LogP contribution in [0.3, 0.4) is 0 Å². The first kappa shape index (κ1) is 17.0. The fourth-order valence-corrected chi connectivity index (χ4v) is 2.24. The number of hydrogen-bond acceptors (Lipinski definition) is 3. The first-order valence-corrected chi connectivity index (χ1v) is 7.58. The molecule has 0 radical (unpaired) electrons. The minimum atomic E-state index is -0.284. The van der Waals surface area contributed by atoms with Crippen molar-refractivity contribution in [1.82, 2.24) is 5.32 Å². The van der Waals surface area contributed by atoms with E-state index < -0.39 is 0 Å². The van der Waals surface area contributed by atoms with Crippen molar-refractivity contribution in [3.63, 3.8) is 0 Å². The number of hydrogen-bond donors (Lipinski definition) is 2. The largest absolute Gasteiger partial charge is 0.493 e. The minimum Gasteiger partial charge on any atom is -0.493 e. The molecule has 0 spiro atoms. The van der Waals surface area contributed by atoms with Gasteiger partial charge in [0, 0.05) is 5.69 Å². The van der Waals surface area contributed by atoms with Gasteiger partial charge in [0.1, 0.15) is 12.4 Å². The molecule has 0 heterocycles. The summed E-state index contributed by atoms with van der Waals surface area (Å²) in [6.07, 6.45) is 0. The third kappa shape index (κ3) is 5.41. The molecule has 0 aliphatic heterocycles. The van der Waals surface area contributed by atoms with Gasteiger partial charge in [0.05, 0.1) is 13.2 Å². The van der Waals surface area contributed by atoms with Gasteiger partial charge in [-0.05, 0) is 55.5 Å². The third-order valence-electron chi connectivity index (χ3n) is 3.04. The number of thiocarbonyl (C=S) groups is 1. The van der Waals surface area contributed by atoms with Crippen LogP contribution in [0, 0.1) is 5.82 Å². The van der Waals surface area contributed by atoms with Crippen molar-refractivity contribution in [3.8, 4) is 11.5 Å². The van der Waals surface area contributed by atoms with Gasteiger partial charge in [-0.1, -0.05) is 12.1 Å². The first-order chi connectivity index (χ1) is 11.1. The number of para-hydroxylation sites is 2. The summed E-state index contributed by atoms with van der Waals surface area (Å²) < 4.78 is 23.8. The molecule has 0 bridgehead atoms. The van der Waals surface area contributed by atoms with Gasteiger partial charge >= 0.3 is 0 Å². The van der Waals surface area contributed by atoms with Gasteiger partial charge in [0.25, 0.3) is 0 Å². The van der Waals surface area contributed by atoms with Crippen LogP contribution in [0.15, 0.2) is 48.5 Å². The van der Waals surface area contributed by atoms with Crippen molar-refractivity contribution in [3.05, 3.63) is 54.3 Å². The van der Waals surface area contributed by atoms with Crippen molar-refractivity contribution in [2.45, 2.75) is 13.0 Å². The van der Waals surface area contributed by atoms with Gasteiger partial charge in [-0.15, -0.1) is 0 Å². The van der Waals surface area contributed by atoms with Crippen molar-refractivity contribution >= 4 is 23.0 Å². The van der Waals surface area contributed by atoms with Crippen molar-refractivity contribution in [2.24, 2.45) is 0 Å². The van der Waals surface area contributed by atoms with Gasteiger partial charge in [-0.25, -0.2) is 4.39 Å². The number of benzene rings is 2. The summed E-state index contributed by atoms with van der Waals surface area (Å²) in [5.41, 5.74) is 0.724. The van der Waals surface area contributed by atoms with Crippen LogP contribution < -0.4 is 20.1 Å². The Morgan fingerprint density at radius 1 is 1.13 bits per heavy atom. The van der Waals surface area contributed by atoms with E-state index in [9.17, 15) is 4.39 Å². The number of nitrogens with one attached hydrogen (secondary N) is 2. The fraction of sp³-hybridized carbons (Fsp3) is 0.235. The van der Waals surface area contributed by atoms with E-state index in [2.05, 4.69) is 10.6 Å². The number of ether oxygens (including phenoxy) is 2. The molecule has 23 heavy (non-hydrogen) atoms. The summed E-state index contributed by atoms with van der Waals surface area (Å²) >= 11 is 5.23. The Bertz CT molecular complexity index is 649. The molecule has 2 aromatic carbocycles. The van der Waals surface area contributed by atoms with E-state index in [0.29, 0.717) is 23.2 Å². The Morgan fingerprint density at radius 3 is 2.43 bits per heavy atom. The maximum Gasteiger partial charge on any atom is 0.171 e. The maximum atomic E-state index is 12.9. The molecule has 0 aliphatic carbocycles. The average Bonchev–Trinajstić information content (AvgIpc) is 2.55. The van der Waals surface area contributed by atoms with E-state index in [1.807, 2.05) is 31.2 Å². The number of methoxy groups -OCH3 is 1. The van der Waals surface area contributed by atoms with Crippen LogP contribution in [0.4, 0.5) is 10.1 Å². The second-order valence-electron chi connectivity index (χ2n) is 4.97. The first-order valence-electron chi connectivity index (χ1n) is 7.17. The summed E-state index contributed by atoms with van der Waals surface area (Å²) in [5.74, 6) is 1.08. The minimum absolute atomic E-state index is 0.0136. The van der Waals surface area contributed by atoms with Gasteiger partial charge in [0.15, 0.2) is 16.6 Å². The van der Waals surface area contributed by atoms with Crippen LogP contribution >= 0.6 is 12.2 Å². The lowest BCUT2D eigenvalue weighted by Gasteiger charge is -2.18. The lowest BCUT2D eigenvalue weighted by atomic mass is 10.3. The molecule has 0 aliphatic rings. The van der Waals surface area contributed by atoms with Crippen LogP contribution in [0.2, 0.25) is 0 Å². The van der Waals surface area contributed by atoms with Crippen LogP contribution in [-0.2, 0) is 0 Å². The quantitative estimate of drug-likeness (QED) is 0.790. The van der Waals surface area contributed by atoms with Gasteiger partial charge in [0.2, 0.25) is 0 Å². The van der Waals surface area contributed by atoms with E-state index in [0.717, 1.165) is 5.69 Å². The van der Waals surface area contributed by atoms with Crippen molar-refractivity contribution in [1.29, 1.82) is 0 Å². The van der Waals surface area contributed by atoms with Crippen LogP contribution in [-0.4, -0.2) is 24.9 Å². The summed E-state index contributed by atoms with van der Waals surface area (Å²) in [7, 11) is 1.60. The van der Waals surface area contributed by atoms with Crippen molar-refractivity contribution in [2.75, 3.05) is 19.0 Å². The molecule has 122 valence electrons. The van der Waals surface area contributed by atoms with E-state index >= 15 is 0 Å². The average molecular weight is 334 g/mol. The molecule has 6 heteroatoms. The zero-order valence-corrected chi connectivity index (χ0v) is 13.8.